The van der Waals surface area contributed by atoms with Gasteiger partial charge in [0.25, 0.3) is 0 Å². The van der Waals surface area contributed by atoms with Crippen molar-refractivity contribution in [1.29, 1.82) is 0 Å². The molecule has 0 N–H and O–H groups in total. The summed E-state index contributed by atoms with van der Waals surface area (Å²) in [5.74, 6) is -0.0422. The molecule has 86 valence electrons. The molecule has 0 atom stereocenters. The Morgan fingerprint density at radius 2 is 2.06 bits per heavy atom. The topological polar surface area (TPSA) is 42.9 Å². The molecule has 5 heteroatoms. The fourth-order valence-corrected chi connectivity index (χ4v) is 1.87. The van der Waals surface area contributed by atoms with Gasteiger partial charge in [-0.25, -0.2) is 14.4 Å². The number of halogens is 2. The lowest BCUT2D eigenvalue weighted by Crippen LogP contribution is -1.97. The third kappa shape index (κ3) is 2.55. The number of nitrogens with zero attached hydrogens (tertiary/aromatic N) is 2. The van der Waals surface area contributed by atoms with Crippen LogP contribution in [0.15, 0.2) is 28.7 Å². The largest absolute Gasteiger partial charge is 0.296 e. The molecule has 0 fully saturated rings. The van der Waals surface area contributed by atoms with Crippen molar-refractivity contribution < 1.29 is 9.18 Å². The van der Waals surface area contributed by atoms with E-state index in [1.54, 1.807) is 19.1 Å². The van der Waals surface area contributed by atoms with Gasteiger partial charge in [-0.15, -0.1) is 0 Å². The molecule has 2 aromatic rings. The summed E-state index contributed by atoms with van der Waals surface area (Å²) in [4.78, 5) is 19.0. The lowest BCUT2D eigenvalue weighted by molar-refractivity contribution is 0.111. The normalized spacial score (nSPS) is 10.3. The van der Waals surface area contributed by atoms with E-state index in [9.17, 15) is 9.18 Å². The van der Waals surface area contributed by atoms with Crippen LogP contribution < -0.4 is 0 Å². The predicted molar refractivity (Wildman–Crippen MR) is 65.3 cm³/mol. The molecule has 0 aliphatic carbocycles. The highest BCUT2D eigenvalue weighted by molar-refractivity contribution is 9.10. The van der Waals surface area contributed by atoms with Crippen molar-refractivity contribution in [2.75, 3.05) is 0 Å². The van der Waals surface area contributed by atoms with Crippen molar-refractivity contribution >= 4 is 22.2 Å². The minimum Gasteiger partial charge on any atom is -0.296 e. The van der Waals surface area contributed by atoms with Gasteiger partial charge < -0.3 is 0 Å². The number of aryl methyl sites for hydroxylation is 1. The molecule has 1 heterocycles. The van der Waals surface area contributed by atoms with Crippen molar-refractivity contribution in [1.82, 2.24) is 9.97 Å². The fraction of sp³-hybridized carbons (Fsp3) is 0.0833. The van der Waals surface area contributed by atoms with Gasteiger partial charge in [0.05, 0.1) is 0 Å². The summed E-state index contributed by atoms with van der Waals surface area (Å²) in [7, 11) is 0. The monoisotopic (exact) mass is 294 g/mol. The highest BCUT2D eigenvalue weighted by Gasteiger charge is 2.09. The molecule has 1 aromatic carbocycles. The van der Waals surface area contributed by atoms with E-state index in [4.69, 9.17) is 0 Å². The number of carbonyl (C=O) groups is 1. The van der Waals surface area contributed by atoms with E-state index in [0.29, 0.717) is 27.8 Å². The average molecular weight is 295 g/mol. The highest BCUT2D eigenvalue weighted by atomic mass is 79.9. The standard InChI is InChI=1S/C12H8BrFN2O/c1-7-4-9(6-17)16-12(15-7)10-5-8(14)2-3-11(10)13/h2-6H,1H3. The van der Waals surface area contributed by atoms with Crippen LogP contribution in [-0.4, -0.2) is 16.3 Å². The third-order valence-corrected chi connectivity index (χ3v) is 2.86. The molecule has 1 aromatic heterocycles. The minimum atomic E-state index is -0.374. The Morgan fingerprint density at radius 3 is 2.76 bits per heavy atom. The zero-order chi connectivity index (χ0) is 12.4. The van der Waals surface area contributed by atoms with E-state index in [2.05, 4.69) is 25.9 Å². The molecule has 0 saturated carbocycles. The van der Waals surface area contributed by atoms with Crippen LogP contribution in [0.5, 0.6) is 0 Å². The lowest BCUT2D eigenvalue weighted by Gasteiger charge is -2.05. The Morgan fingerprint density at radius 1 is 1.29 bits per heavy atom. The van der Waals surface area contributed by atoms with Gasteiger partial charge >= 0.3 is 0 Å². The Labute approximate surface area is 106 Å². The second-order valence-electron chi connectivity index (χ2n) is 3.50. The van der Waals surface area contributed by atoms with E-state index in [-0.39, 0.29) is 11.5 Å². The lowest BCUT2D eigenvalue weighted by atomic mass is 10.2. The maximum atomic E-state index is 13.2. The zero-order valence-corrected chi connectivity index (χ0v) is 10.5. The molecular weight excluding hydrogens is 287 g/mol. The third-order valence-electron chi connectivity index (χ3n) is 2.16. The molecule has 0 radical (unpaired) electrons. The summed E-state index contributed by atoms with van der Waals surface area (Å²) >= 11 is 3.30. The SMILES string of the molecule is Cc1cc(C=O)nc(-c2cc(F)ccc2Br)n1. The van der Waals surface area contributed by atoms with Crippen molar-refractivity contribution in [3.8, 4) is 11.4 Å². The van der Waals surface area contributed by atoms with Gasteiger partial charge in [-0.2, -0.15) is 0 Å². The number of benzene rings is 1. The molecule has 0 bridgehead atoms. The van der Waals surface area contributed by atoms with Crippen LogP contribution in [0.4, 0.5) is 4.39 Å². The zero-order valence-electron chi connectivity index (χ0n) is 8.95. The predicted octanol–water partition coefficient (Wildman–Crippen LogP) is 3.17. The molecule has 0 unspecified atom stereocenters. The molecular formula is C12H8BrFN2O. The molecule has 0 aliphatic heterocycles. The summed E-state index contributed by atoms with van der Waals surface area (Å²) in [5.41, 5.74) is 1.47. The summed E-state index contributed by atoms with van der Waals surface area (Å²) < 4.78 is 13.9. The molecule has 0 amide bonds. The fourth-order valence-electron chi connectivity index (χ4n) is 1.44. The van der Waals surface area contributed by atoms with Crippen LogP contribution in [0, 0.1) is 12.7 Å². The van der Waals surface area contributed by atoms with Crippen LogP contribution in [0.2, 0.25) is 0 Å². The molecule has 0 spiro atoms. The first kappa shape index (κ1) is 11.9. The van der Waals surface area contributed by atoms with Crippen molar-refractivity contribution in [3.63, 3.8) is 0 Å². The minimum absolute atomic E-state index is 0.281. The summed E-state index contributed by atoms with van der Waals surface area (Å²) in [6, 6.07) is 5.82. The van der Waals surface area contributed by atoms with E-state index < -0.39 is 0 Å². The second-order valence-corrected chi connectivity index (χ2v) is 4.35. The second kappa shape index (κ2) is 4.71. The molecule has 0 saturated heterocycles. The van der Waals surface area contributed by atoms with E-state index in [0.717, 1.165) is 0 Å². The number of aldehydes is 1. The van der Waals surface area contributed by atoms with Crippen molar-refractivity contribution in [2.45, 2.75) is 6.92 Å². The van der Waals surface area contributed by atoms with Gasteiger partial charge in [0.1, 0.15) is 11.5 Å². The number of aromatic nitrogens is 2. The van der Waals surface area contributed by atoms with Gasteiger partial charge in [-0.05, 0) is 31.2 Å². The number of rotatable bonds is 2. The van der Waals surface area contributed by atoms with Crippen molar-refractivity contribution in [3.05, 3.63) is 45.9 Å². The molecule has 0 aliphatic rings. The quantitative estimate of drug-likeness (QED) is 0.799. The van der Waals surface area contributed by atoms with Crippen LogP contribution in [0.25, 0.3) is 11.4 Å². The summed E-state index contributed by atoms with van der Waals surface area (Å²) in [6.45, 7) is 1.76. The van der Waals surface area contributed by atoms with Gasteiger partial charge in [0, 0.05) is 15.7 Å². The Kier molecular flexibility index (Phi) is 3.28. The maximum Gasteiger partial charge on any atom is 0.168 e. The van der Waals surface area contributed by atoms with E-state index >= 15 is 0 Å². The van der Waals surface area contributed by atoms with Crippen LogP contribution >= 0.6 is 15.9 Å². The van der Waals surface area contributed by atoms with Gasteiger partial charge in [0.15, 0.2) is 12.1 Å². The molecule has 17 heavy (non-hydrogen) atoms. The maximum absolute atomic E-state index is 13.2. The van der Waals surface area contributed by atoms with Gasteiger partial charge in [-0.3, -0.25) is 4.79 Å². The van der Waals surface area contributed by atoms with Crippen LogP contribution in [0.1, 0.15) is 16.2 Å². The molecule has 2 rings (SSSR count). The number of hydrogen-bond acceptors (Lipinski definition) is 3. The van der Waals surface area contributed by atoms with Crippen molar-refractivity contribution in [2.24, 2.45) is 0 Å². The first-order valence-electron chi connectivity index (χ1n) is 4.86. The number of hydrogen-bond donors (Lipinski definition) is 0. The van der Waals surface area contributed by atoms with E-state index in [1.165, 1.54) is 12.1 Å². The van der Waals surface area contributed by atoms with Gasteiger partial charge in [0.2, 0.25) is 0 Å². The smallest absolute Gasteiger partial charge is 0.168 e. The average Bonchev–Trinajstić information content (AvgIpc) is 2.31. The Balaban J connectivity index is 2.63. The van der Waals surface area contributed by atoms with Gasteiger partial charge in [-0.1, -0.05) is 15.9 Å². The molecule has 3 nitrogen and oxygen atoms in total. The summed E-state index contributed by atoms with van der Waals surface area (Å²) in [5, 5.41) is 0. The first-order valence-corrected chi connectivity index (χ1v) is 5.66. The van der Waals surface area contributed by atoms with E-state index in [1.807, 2.05) is 0 Å². The van der Waals surface area contributed by atoms with Crippen LogP contribution in [-0.2, 0) is 0 Å². The Bertz CT molecular complexity index is 587. The number of carbonyl (C=O) groups excluding carboxylic acids is 1. The van der Waals surface area contributed by atoms with Crippen LogP contribution in [0.3, 0.4) is 0 Å². The first-order chi connectivity index (χ1) is 8.10. The summed E-state index contributed by atoms with van der Waals surface area (Å²) in [6.07, 6.45) is 0.644. The highest BCUT2D eigenvalue weighted by Crippen LogP contribution is 2.26. The Hall–Kier alpha value is -1.62.